The van der Waals surface area contributed by atoms with Gasteiger partial charge < -0.3 is 10.1 Å². The van der Waals surface area contributed by atoms with E-state index in [2.05, 4.69) is 34.1 Å². The van der Waals surface area contributed by atoms with Gasteiger partial charge in [-0.25, -0.2) is 0 Å². The van der Waals surface area contributed by atoms with Crippen molar-refractivity contribution in [1.82, 2.24) is 10.3 Å². The lowest BCUT2D eigenvalue weighted by Crippen LogP contribution is -2.30. The Morgan fingerprint density at radius 2 is 2.15 bits per heavy atom. The Hall–Kier alpha value is -1.39. The molecule has 0 aliphatic rings. The van der Waals surface area contributed by atoms with Gasteiger partial charge in [-0.15, -0.1) is 0 Å². The van der Waals surface area contributed by atoms with Gasteiger partial charge in [-0.3, -0.25) is 4.98 Å². The second-order valence-electron chi connectivity index (χ2n) is 5.07. The first kappa shape index (κ1) is 15.0. The molecular weight excluding hydrogens is 268 g/mol. The highest BCUT2D eigenvalue weighted by atomic mass is 32.1. The number of hydrogen-bond acceptors (Lipinski definition) is 4. The molecular formula is C16H22N2OS. The summed E-state index contributed by atoms with van der Waals surface area (Å²) < 4.78 is 5.48. The van der Waals surface area contributed by atoms with Crippen LogP contribution in [0.5, 0.6) is 5.75 Å². The predicted molar refractivity (Wildman–Crippen MR) is 84.8 cm³/mol. The third-order valence-electron chi connectivity index (χ3n) is 3.66. The molecule has 1 unspecified atom stereocenters. The summed E-state index contributed by atoms with van der Waals surface area (Å²) in [4.78, 5) is 4.59. The molecule has 0 aromatic carbocycles. The molecule has 0 aliphatic carbocycles. The maximum absolute atomic E-state index is 5.48. The van der Waals surface area contributed by atoms with E-state index in [1.54, 1.807) is 18.4 Å². The lowest BCUT2D eigenvalue weighted by Gasteiger charge is -2.18. The summed E-state index contributed by atoms with van der Waals surface area (Å²) in [6.45, 7) is 4.12. The van der Waals surface area contributed by atoms with Crippen molar-refractivity contribution in [1.29, 1.82) is 0 Å². The molecule has 0 fully saturated rings. The molecule has 4 heteroatoms. The first-order valence-corrected chi connectivity index (χ1v) is 7.77. The van der Waals surface area contributed by atoms with E-state index in [9.17, 15) is 0 Å². The summed E-state index contributed by atoms with van der Waals surface area (Å²) in [5, 5.41) is 7.73. The van der Waals surface area contributed by atoms with Crippen LogP contribution in [0.1, 0.15) is 22.4 Å². The van der Waals surface area contributed by atoms with E-state index >= 15 is 0 Å². The van der Waals surface area contributed by atoms with Crippen LogP contribution in [0.2, 0.25) is 0 Å². The van der Waals surface area contributed by atoms with Gasteiger partial charge in [0.1, 0.15) is 5.75 Å². The Bertz CT molecular complexity index is 552. The number of nitrogens with one attached hydrogen (secondary N) is 1. The van der Waals surface area contributed by atoms with E-state index in [-0.39, 0.29) is 0 Å². The number of methoxy groups -OCH3 is 1. The van der Waals surface area contributed by atoms with Crippen molar-refractivity contribution in [3.8, 4) is 5.75 Å². The first-order chi connectivity index (χ1) is 9.65. The minimum atomic E-state index is 0.392. The van der Waals surface area contributed by atoms with E-state index in [0.717, 1.165) is 35.4 Å². The van der Waals surface area contributed by atoms with Crippen LogP contribution >= 0.6 is 11.3 Å². The molecule has 1 N–H and O–H groups in total. The summed E-state index contributed by atoms with van der Waals surface area (Å²) in [7, 11) is 3.73. The van der Waals surface area contributed by atoms with Crippen molar-refractivity contribution in [2.45, 2.75) is 32.7 Å². The Labute approximate surface area is 125 Å². The van der Waals surface area contributed by atoms with Crippen molar-refractivity contribution in [3.63, 3.8) is 0 Å². The number of likely N-dealkylation sites (N-methyl/N-ethyl adjacent to an activating group) is 1. The van der Waals surface area contributed by atoms with Gasteiger partial charge in [0.05, 0.1) is 7.11 Å². The molecule has 2 aromatic rings. The summed E-state index contributed by atoms with van der Waals surface area (Å²) in [6.07, 6.45) is 3.84. The number of nitrogens with zero attached hydrogens (tertiary/aromatic N) is 1. The van der Waals surface area contributed by atoms with Crippen molar-refractivity contribution in [2.24, 2.45) is 0 Å². The molecule has 0 bridgehead atoms. The average molecular weight is 290 g/mol. The molecule has 108 valence electrons. The number of aryl methyl sites for hydroxylation is 1. The zero-order valence-electron chi connectivity index (χ0n) is 12.6. The molecule has 2 heterocycles. The van der Waals surface area contributed by atoms with Crippen LogP contribution in [-0.2, 0) is 12.8 Å². The number of hydrogen-bond donors (Lipinski definition) is 1. The number of pyridine rings is 1. The molecule has 0 saturated heterocycles. The van der Waals surface area contributed by atoms with Crippen molar-refractivity contribution in [3.05, 3.63) is 45.4 Å². The maximum Gasteiger partial charge on any atom is 0.128 e. The van der Waals surface area contributed by atoms with Crippen LogP contribution in [0.15, 0.2) is 23.0 Å². The van der Waals surface area contributed by atoms with Crippen molar-refractivity contribution >= 4 is 11.3 Å². The number of aromatic nitrogens is 1. The van der Waals surface area contributed by atoms with E-state index in [4.69, 9.17) is 4.74 Å². The summed E-state index contributed by atoms with van der Waals surface area (Å²) in [5.41, 5.74) is 4.73. The lowest BCUT2D eigenvalue weighted by molar-refractivity contribution is 0.406. The van der Waals surface area contributed by atoms with Gasteiger partial charge in [0.2, 0.25) is 0 Å². The highest BCUT2D eigenvalue weighted by Gasteiger charge is 2.14. The predicted octanol–water partition coefficient (Wildman–Crippen LogP) is 3.14. The molecule has 0 aliphatic heterocycles. The highest BCUT2D eigenvalue weighted by Crippen LogP contribution is 2.25. The fourth-order valence-electron chi connectivity index (χ4n) is 2.48. The van der Waals surface area contributed by atoms with Gasteiger partial charge in [-0.1, -0.05) is 0 Å². The Balaban J connectivity index is 2.15. The minimum absolute atomic E-state index is 0.392. The maximum atomic E-state index is 5.48. The third-order valence-corrected chi connectivity index (χ3v) is 4.39. The zero-order valence-corrected chi connectivity index (χ0v) is 13.4. The normalized spacial score (nSPS) is 12.4. The quantitative estimate of drug-likeness (QED) is 0.887. The monoisotopic (exact) mass is 290 g/mol. The summed E-state index contributed by atoms with van der Waals surface area (Å²) in [5.74, 6) is 0.959. The van der Waals surface area contributed by atoms with Gasteiger partial charge in [0, 0.05) is 35.5 Å². The van der Waals surface area contributed by atoms with Gasteiger partial charge in [-0.2, -0.15) is 11.3 Å². The Kier molecular flexibility index (Phi) is 5.15. The fourth-order valence-corrected chi connectivity index (χ4v) is 3.16. The molecule has 0 amide bonds. The van der Waals surface area contributed by atoms with Crippen LogP contribution in [0.4, 0.5) is 0 Å². The van der Waals surface area contributed by atoms with Crippen molar-refractivity contribution in [2.75, 3.05) is 14.2 Å². The largest absolute Gasteiger partial charge is 0.496 e. The van der Waals surface area contributed by atoms with Crippen LogP contribution in [0, 0.1) is 13.8 Å². The number of ether oxygens (including phenoxy) is 1. The molecule has 0 radical (unpaired) electrons. The second-order valence-corrected chi connectivity index (χ2v) is 5.85. The molecule has 2 rings (SSSR count). The second kappa shape index (κ2) is 6.86. The van der Waals surface area contributed by atoms with E-state index in [1.807, 2.05) is 20.2 Å². The Morgan fingerprint density at radius 1 is 1.35 bits per heavy atom. The number of rotatable bonds is 6. The standard InChI is InChI=1S/C16H22N2OS/c1-11-9-18-15(12(2)16(11)19-4)8-14(17-3)7-13-5-6-20-10-13/h5-6,9-10,14,17H,7-8H2,1-4H3. The molecule has 0 spiro atoms. The minimum Gasteiger partial charge on any atom is -0.496 e. The van der Waals surface area contributed by atoms with Gasteiger partial charge in [0.15, 0.2) is 0 Å². The Morgan fingerprint density at radius 3 is 2.75 bits per heavy atom. The molecule has 1 atom stereocenters. The summed E-state index contributed by atoms with van der Waals surface area (Å²) >= 11 is 1.75. The highest BCUT2D eigenvalue weighted by molar-refractivity contribution is 7.07. The van der Waals surface area contributed by atoms with Crippen LogP contribution in [0.25, 0.3) is 0 Å². The topological polar surface area (TPSA) is 34.2 Å². The van der Waals surface area contributed by atoms with E-state index in [1.165, 1.54) is 5.56 Å². The summed E-state index contributed by atoms with van der Waals surface area (Å²) in [6, 6.07) is 2.58. The van der Waals surface area contributed by atoms with Gasteiger partial charge >= 0.3 is 0 Å². The van der Waals surface area contributed by atoms with E-state index < -0.39 is 0 Å². The molecule has 0 saturated carbocycles. The van der Waals surface area contributed by atoms with Crippen LogP contribution in [0.3, 0.4) is 0 Å². The van der Waals surface area contributed by atoms with Gasteiger partial charge in [0.25, 0.3) is 0 Å². The fraction of sp³-hybridized carbons (Fsp3) is 0.438. The van der Waals surface area contributed by atoms with E-state index in [0.29, 0.717) is 6.04 Å². The third kappa shape index (κ3) is 3.38. The molecule has 20 heavy (non-hydrogen) atoms. The van der Waals surface area contributed by atoms with Crippen LogP contribution < -0.4 is 10.1 Å². The number of thiophene rings is 1. The van der Waals surface area contributed by atoms with Crippen molar-refractivity contribution < 1.29 is 4.74 Å². The SMILES string of the molecule is CNC(Cc1ccsc1)Cc1ncc(C)c(OC)c1C. The lowest BCUT2D eigenvalue weighted by atomic mass is 10.0. The molecule has 3 nitrogen and oxygen atoms in total. The average Bonchev–Trinajstić information content (AvgIpc) is 2.94. The zero-order chi connectivity index (χ0) is 14.5. The smallest absolute Gasteiger partial charge is 0.128 e. The molecule has 2 aromatic heterocycles. The van der Waals surface area contributed by atoms with Crippen LogP contribution in [-0.4, -0.2) is 25.2 Å². The van der Waals surface area contributed by atoms with Gasteiger partial charge in [-0.05, 0) is 49.7 Å². The first-order valence-electron chi connectivity index (χ1n) is 6.83.